The van der Waals surface area contributed by atoms with Gasteiger partial charge in [0.1, 0.15) is 0 Å². The van der Waals surface area contributed by atoms with Gasteiger partial charge in [-0.15, -0.1) is 0 Å². The monoisotopic (exact) mass is 202 g/mol. The predicted molar refractivity (Wildman–Crippen MR) is 52.0 cm³/mol. The molecule has 0 rings (SSSR count). The van der Waals surface area contributed by atoms with E-state index in [1.807, 2.05) is 0 Å². The van der Waals surface area contributed by atoms with Crippen molar-refractivity contribution >= 4 is 39.7 Å². The SMILES string of the molecule is CCCCCC=CS(=O)(=O)O.[NaH]. The molecule has 0 aromatic rings. The molecule has 0 saturated heterocycles. The second-order valence-corrected chi connectivity index (χ2v) is 3.68. The number of allylic oxidation sites excluding steroid dienone is 1. The van der Waals surface area contributed by atoms with Crippen LogP contribution in [0.2, 0.25) is 0 Å². The fraction of sp³-hybridized carbons (Fsp3) is 0.714. The van der Waals surface area contributed by atoms with Crippen LogP contribution < -0.4 is 0 Å². The van der Waals surface area contributed by atoms with Gasteiger partial charge in [0.05, 0.1) is 5.41 Å². The van der Waals surface area contributed by atoms with Crippen LogP contribution in [0.1, 0.15) is 32.6 Å². The van der Waals surface area contributed by atoms with Gasteiger partial charge in [-0.1, -0.05) is 25.8 Å². The molecule has 1 N–H and O–H groups in total. The molecule has 0 spiro atoms. The van der Waals surface area contributed by atoms with Crippen LogP contribution in [0.5, 0.6) is 0 Å². The van der Waals surface area contributed by atoms with Crippen molar-refractivity contribution in [3.63, 3.8) is 0 Å². The molecule has 0 amide bonds. The van der Waals surface area contributed by atoms with Crippen LogP contribution >= 0.6 is 0 Å². The average Bonchev–Trinajstić information content (AvgIpc) is 1.85. The second kappa shape index (κ2) is 8.26. The molecule has 68 valence electrons. The molecule has 3 nitrogen and oxygen atoms in total. The first-order valence-corrected chi connectivity index (χ1v) is 5.20. The molecule has 0 aliphatic rings. The Hall–Kier alpha value is 0.650. The third kappa shape index (κ3) is 13.3. The van der Waals surface area contributed by atoms with Gasteiger partial charge in [0, 0.05) is 0 Å². The van der Waals surface area contributed by atoms with E-state index in [1.54, 1.807) is 0 Å². The van der Waals surface area contributed by atoms with E-state index in [2.05, 4.69) is 6.92 Å². The van der Waals surface area contributed by atoms with Crippen LogP contribution in [0.15, 0.2) is 11.5 Å². The summed E-state index contributed by atoms with van der Waals surface area (Å²) in [5.74, 6) is 0. The molecule has 0 bridgehead atoms. The summed E-state index contributed by atoms with van der Waals surface area (Å²) < 4.78 is 28.5. The summed E-state index contributed by atoms with van der Waals surface area (Å²) >= 11 is 0. The molecule has 0 aliphatic carbocycles. The summed E-state index contributed by atoms with van der Waals surface area (Å²) in [5, 5.41) is 0.836. The first-order chi connectivity index (χ1) is 5.06. The fourth-order valence-electron chi connectivity index (χ4n) is 0.702. The molecule has 0 aromatic heterocycles. The van der Waals surface area contributed by atoms with Gasteiger partial charge in [0.15, 0.2) is 0 Å². The van der Waals surface area contributed by atoms with Gasteiger partial charge in [-0.3, -0.25) is 4.55 Å². The van der Waals surface area contributed by atoms with Crippen molar-refractivity contribution < 1.29 is 13.0 Å². The van der Waals surface area contributed by atoms with E-state index in [0.717, 1.165) is 24.7 Å². The van der Waals surface area contributed by atoms with Crippen molar-refractivity contribution in [3.05, 3.63) is 11.5 Å². The van der Waals surface area contributed by atoms with Gasteiger partial charge >= 0.3 is 29.6 Å². The Morgan fingerprint density at radius 2 is 1.92 bits per heavy atom. The number of hydrogen-bond acceptors (Lipinski definition) is 2. The Labute approximate surface area is 96.3 Å². The van der Waals surface area contributed by atoms with E-state index in [-0.39, 0.29) is 29.6 Å². The van der Waals surface area contributed by atoms with Crippen molar-refractivity contribution in [1.29, 1.82) is 0 Å². The van der Waals surface area contributed by atoms with Crippen LogP contribution in [0.25, 0.3) is 0 Å². The molecule has 0 fully saturated rings. The summed E-state index contributed by atoms with van der Waals surface area (Å²) in [6.07, 6.45) is 5.37. The maximum atomic E-state index is 10.1. The van der Waals surface area contributed by atoms with E-state index in [4.69, 9.17) is 4.55 Å². The molecule has 5 heteroatoms. The van der Waals surface area contributed by atoms with E-state index in [1.165, 1.54) is 6.08 Å². The van der Waals surface area contributed by atoms with Crippen LogP contribution in [-0.2, 0) is 10.1 Å². The molecule has 0 saturated carbocycles. The maximum absolute atomic E-state index is 10.1. The summed E-state index contributed by atoms with van der Waals surface area (Å²) in [6.45, 7) is 2.08. The second-order valence-electron chi connectivity index (χ2n) is 2.38. The molecule has 0 aliphatic heterocycles. The Morgan fingerprint density at radius 3 is 2.33 bits per heavy atom. The van der Waals surface area contributed by atoms with Crippen molar-refractivity contribution in [2.45, 2.75) is 32.6 Å². The van der Waals surface area contributed by atoms with Crippen LogP contribution in [0, 0.1) is 0 Å². The predicted octanol–water partition coefficient (Wildman–Crippen LogP) is 1.32. The standard InChI is InChI=1S/C7H14O3S.Na.H/c1-2-3-4-5-6-7-11(8,9)10;;/h6-7H,2-5H2,1H3,(H,8,9,10);;. The first kappa shape index (κ1) is 15.1. The molecule has 0 atom stereocenters. The summed E-state index contributed by atoms with van der Waals surface area (Å²) in [5.41, 5.74) is 0. The summed E-state index contributed by atoms with van der Waals surface area (Å²) in [4.78, 5) is 0. The van der Waals surface area contributed by atoms with Crippen molar-refractivity contribution in [3.8, 4) is 0 Å². The quantitative estimate of drug-likeness (QED) is 0.415. The van der Waals surface area contributed by atoms with E-state index >= 15 is 0 Å². The Balaban J connectivity index is 0. The van der Waals surface area contributed by atoms with E-state index in [9.17, 15) is 8.42 Å². The first-order valence-electron chi connectivity index (χ1n) is 3.70. The van der Waals surface area contributed by atoms with Gasteiger partial charge in [0.25, 0.3) is 10.1 Å². The van der Waals surface area contributed by atoms with Gasteiger partial charge in [-0.2, -0.15) is 8.42 Å². The van der Waals surface area contributed by atoms with Crippen molar-refractivity contribution in [2.75, 3.05) is 0 Å². The van der Waals surface area contributed by atoms with Crippen molar-refractivity contribution in [1.82, 2.24) is 0 Å². The van der Waals surface area contributed by atoms with Gasteiger partial charge in [-0.25, -0.2) is 0 Å². The Bertz CT molecular complexity index is 209. The molecule has 0 unspecified atom stereocenters. The van der Waals surface area contributed by atoms with Gasteiger partial charge in [0.2, 0.25) is 0 Å². The zero-order valence-electron chi connectivity index (χ0n) is 6.66. The Morgan fingerprint density at radius 1 is 1.33 bits per heavy atom. The van der Waals surface area contributed by atoms with Crippen molar-refractivity contribution in [2.24, 2.45) is 0 Å². The minimum atomic E-state index is -3.89. The van der Waals surface area contributed by atoms with Crippen LogP contribution in [-0.4, -0.2) is 42.5 Å². The molecule has 0 radical (unpaired) electrons. The van der Waals surface area contributed by atoms with E-state index in [0.29, 0.717) is 6.42 Å². The minimum absolute atomic E-state index is 0. The Kier molecular flexibility index (Phi) is 10.4. The number of rotatable bonds is 5. The number of hydrogen-bond donors (Lipinski definition) is 1. The molecular formula is C7H15NaO3S. The molecule has 12 heavy (non-hydrogen) atoms. The van der Waals surface area contributed by atoms with E-state index < -0.39 is 10.1 Å². The van der Waals surface area contributed by atoms with Gasteiger partial charge in [-0.05, 0) is 12.8 Å². The third-order valence-electron chi connectivity index (χ3n) is 1.24. The van der Waals surface area contributed by atoms with Gasteiger partial charge < -0.3 is 0 Å². The zero-order valence-corrected chi connectivity index (χ0v) is 7.47. The fourth-order valence-corrected chi connectivity index (χ4v) is 1.08. The molecule has 0 heterocycles. The molecule has 0 aromatic carbocycles. The van der Waals surface area contributed by atoms with Crippen LogP contribution in [0.3, 0.4) is 0 Å². The summed E-state index contributed by atoms with van der Waals surface area (Å²) in [7, 11) is -3.89. The zero-order chi connectivity index (χ0) is 8.74. The number of unbranched alkanes of at least 4 members (excludes halogenated alkanes) is 3. The summed E-state index contributed by atoms with van der Waals surface area (Å²) in [6, 6.07) is 0. The average molecular weight is 202 g/mol. The third-order valence-corrected chi connectivity index (χ3v) is 1.78. The topological polar surface area (TPSA) is 54.4 Å². The molecular weight excluding hydrogens is 187 g/mol. The normalized spacial score (nSPS) is 11.5. The van der Waals surface area contributed by atoms with Crippen LogP contribution in [0.4, 0.5) is 0 Å².